The van der Waals surface area contributed by atoms with Gasteiger partial charge in [0.1, 0.15) is 5.82 Å². The first-order valence-corrected chi connectivity index (χ1v) is 7.07. The summed E-state index contributed by atoms with van der Waals surface area (Å²) in [7, 11) is 1.40. The quantitative estimate of drug-likeness (QED) is 0.632. The van der Waals surface area contributed by atoms with Gasteiger partial charge in [-0.15, -0.1) is 0 Å². The Morgan fingerprint density at radius 2 is 2.00 bits per heavy atom. The van der Waals surface area contributed by atoms with Gasteiger partial charge in [-0.1, -0.05) is 0 Å². The van der Waals surface area contributed by atoms with Crippen LogP contribution in [0.2, 0.25) is 0 Å². The molecule has 0 saturated carbocycles. The number of nitrogens with one attached hydrogen (secondary N) is 1. The summed E-state index contributed by atoms with van der Waals surface area (Å²) in [4.78, 5) is 37.1. The zero-order valence-corrected chi connectivity index (χ0v) is 12.6. The maximum Gasteiger partial charge on any atom is 0.273 e. The molecule has 2 amide bonds. The van der Waals surface area contributed by atoms with Crippen molar-refractivity contribution in [1.29, 1.82) is 0 Å². The number of hydrogen-bond donors (Lipinski definition) is 1. The fourth-order valence-electron chi connectivity index (χ4n) is 2.31. The van der Waals surface area contributed by atoms with Gasteiger partial charge in [0.05, 0.1) is 17.5 Å². The number of likely N-dealkylation sites (N-methyl/N-ethyl adjacent to an activating group) is 1. The first-order valence-electron chi connectivity index (χ1n) is 7.07. The van der Waals surface area contributed by atoms with Crippen LogP contribution in [-0.2, 0) is 4.79 Å². The number of carbonyl (C=O) groups is 2. The van der Waals surface area contributed by atoms with Crippen molar-refractivity contribution in [3.63, 3.8) is 0 Å². The molecule has 0 bridgehead atoms. The van der Waals surface area contributed by atoms with Crippen molar-refractivity contribution < 1.29 is 18.9 Å². The molecule has 0 radical (unpaired) electrons. The van der Waals surface area contributed by atoms with Gasteiger partial charge in [0.25, 0.3) is 11.6 Å². The number of piperazine rings is 1. The summed E-state index contributed by atoms with van der Waals surface area (Å²) in [6, 6.07) is 2.65. The fourth-order valence-corrected chi connectivity index (χ4v) is 2.31. The van der Waals surface area contributed by atoms with Crippen LogP contribution >= 0.6 is 0 Å². The number of hydrogen-bond acceptors (Lipinski definition) is 5. The van der Waals surface area contributed by atoms with Crippen LogP contribution in [0.25, 0.3) is 0 Å². The molecule has 1 aliphatic rings. The minimum atomic E-state index is -0.871. The van der Waals surface area contributed by atoms with E-state index < -0.39 is 22.3 Å². The Kier molecular flexibility index (Phi) is 5.22. The molecule has 9 heteroatoms. The minimum absolute atomic E-state index is 0.160. The average Bonchev–Trinajstić information content (AvgIpc) is 2.54. The van der Waals surface area contributed by atoms with Crippen LogP contribution in [0, 0.1) is 15.9 Å². The summed E-state index contributed by atoms with van der Waals surface area (Å²) in [6.45, 7) is 2.35. The Bertz CT molecular complexity index is 631. The molecule has 8 nitrogen and oxygen atoms in total. The van der Waals surface area contributed by atoms with Crippen LogP contribution in [0.4, 0.5) is 10.1 Å². The summed E-state index contributed by atoms with van der Waals surface area (Å²) in [5, 5.41) is 13.8. The highest BCUT2D eigenvalue weighted by Crippen LogP contribution is 2.17. The highest BCUT2D eigenvalue weighted by Gasteiger charge is 2.22. The zero-order valence-electron chi connectivity index (χ0n) is 12.6. The molecule has 1 aromatic rings. The topological polar surface area (TPSA) is 95.8 Å². The Morgan fingerprint density at radius 3 is 2.61 bits per heavy atom. The van der Waals surface area contributed by atoms with Gasteiger partial charge in [-0.3, -0.25) is 19.7 Å². The molecule has 1 fully saturated rings. The molecule has 1 aliphatic heterocycles. The third kappa shape index (κ3) is 4.22. The van der Waals surface area contributed by atoms with Gasteiger partial charge in [0.2, 0.25) is 5.91 Å². The molecule has 0 aliphatic carbocycles. The number of non-ortho nitro benzene ring substituents is 1. The standard InChI is InChI=1S/C14H17FN4O4/c1-17(9-13(20)18-4-2-16-3-5-18)14(21)10-6-11(15)8-12(7-10)19(22)23/h6-8,16H,2-5,9H2,1H3. The van der Waals surface area contributed by atoms with Gasteiger partial charge in [0.15, 0.2) is 0 Å². The molecular weight excluding hydrogens is 307 g/mol. The number of halogens is 1. The van der Waals surface area contributed by atoms with Crippen LogP contribution < -0.4 is 5.32 Å². The van der Waals surface area contributed by atoms with Crippen molar-refractivity contribution in [3.05, 3.63) is 39.7 Å². The molecule has 23 heavy (non-hydrogen) atoms. The lowest BCUT2D eigenvalue weighted by Gasteiger charge is -2.29. The van der Waals surface area contributed by atoms with Gasteiger partial charge >= 0.3 is 0 Å². The number of nitro benzene ring substituents is 1. The van der Waals surface area contributed by atoms with Gasteiger partial charge in [-0.05, 0) is 6.07 Å². The maximum absolute atomic E-state index is 13.4. The second-order valence-electron chi connectivity index (χ2n) is 5.25. The van der Waals surface area contributed by atoms with E-state index in [9.17, 15) is 24.1 Å². The zero-order chi connectivity index (χ0) is 17.0. The normalized spacial score (nSPS) is 14.4. The number of carbonyl (C=O) groups excluding carboxylic acids is 2. The molecule has 1 aromatic carbocycles. The first-order chi connectivity index (χ1) is 10.9. The van der Waals surface area contributed by atoms with Crippen molar-refractivity contribution in [2.24, 2.45) is 0 Å². The molecule has 1 saturated heterocycles. The van der Waals surface area contributed by atoms with Crippen LogP contribution in [0.3, 0.4) is 0 Å². The van der Waals surface area contributed by atoms with Crippen LogP contribution in [-0.4, -0.2) is 66.3 Å². The van der Waals surface area contributed by atoms with E-state index in [0.717, 1.165) is 23.1 Å². The van der Waals surface area contributed by atoms with E-state index in [4.69, 9.17) is 0 Å². The highest BCUT2D eigenvalue weighted by atomic mass is 19.1. The van der Waals surface area contributed by atoms with E-state index in [-0.39, 0.29) is 18.0 Å². The van der Waals surface area contributed by atoms with Gasteiger partial charge in [-0.25, -0.2) is 4.39 Å². The molecule has 0 atom stereocenters. The largest absolute Gasteiger partial charge is 0.339 e. The lowest BCUT2D eigenvalue weighted by molar-refractivity contribution is -0.385. The molecule has 0 aromatic heterocycles. The molecule has 1 N–H and O–H groups in total. The monoisotopic (exact) mass is 324 g/mol. The van der Waals surface area contributed by atoms with Gasteiger partial charge in [-0.2, -0.15) is 0 Å². The Labute approximate surface area is 132 Å². The van der Waals surface area contributed by atoms with E-state index in [1.807, 2.05) is 0 Å². The van der Waals surface area contributed by atoms with Gasteiger partial charge in [0, 0.05) is 44.9 Å². The van der Waals surface area contributed by atoms with Crippen molar-refractivity contribution in [1.82, 2.24) is 15.1 Å². The Morgan fingerprint density at radius 1 is 1.35 bits per heavy atom. The summed E-state index contributed by atoms with van der Waals surface area (Å²) in [5.74, 6) is -1.73. The fraction of sp³-hybridized carbons (Fsp3) is 0.429. The lowest BCUT2D eigenvalue weighted by Crippen LogP contribution is -2.49. The summed E-state index contributed by atoms with van der Waals surface area (Å²) in [5.41, 5.74) is -0.664. The SMILES string of the molecule is CN(CC(=O)N1CCNCC1)C(=O)c1cc(F)cc([N+](=O)[O-])c1. The average molecular weight is 324 g/mol. The Hall–Kier alpha value is -2.55. The predicted molar refractivity (Wildman–Crippen MR) is 79.5 cm³/mol. The van der Waals surface area contributed by atoms with E-state index in [0.29, 0.717) is 26.2 Å². The van der Waals surface area contributed by atoms with E-state index in [2.05, 4.69) is 5.32 Å². The maximum atomic E-state index is 13.4. The molecule has 1 heterocycles. The third-order valence-corrected chi connectivity index (χ3v) is 3.53. The van der Waals surface area contributed by atoms with Gasteiger partial charge < -0.3 is 15.1 Å². The Balaban J connectivity index is 2.07. The van der Waals surface area contributed by atoms with Crippen LogP contribution in [0.5, 0.6) is 0 Å². The van der Waals surface area contributed by atoms with E-state index in [1.165, 1.54) is 7.05 Å². The predicted octanol–water partition coefficient (Wildman–Crippen LogP) is 0.238. The van der Waals surface area contributed by atoms with Crippen molar-refractivity contribution in [2.45, 2.75) is 0 Å². The molecule has 124 valence electrons. The molecule has 0 unspecified atom stereocenters. The number of benzene rings is 1. The highest BCUT2D eigenvalue weighted by molar-refractivity contribution is 5.96. The second kappa shape index (κ2) is 7.14. The van der Waals surface area contributed by atoms with Crippen LogP contribution in [0.1, 0.15) is 10.4 Å². The first kappa shape index (κ1) is 16.8. The molecular formula is C14H17FN4O4. The summed E-state index contributed by atoms with van der Waals surface area (Å²) in [6.07, 6.45) is 0. The molecule has 2 rings (SSSR count). The summed E-state index contributed by atoms with van der Waals surface area (Å²) < 4.78 is 13.4. The van der Waals surface area contributed by atoms with Crippen molar-refractivity contribution in [3.8, 4) is 0 Å². The van der Waals surface area contributed by atoms with E-state index >= 15 is 0 Å². The van der Waals surface area contributed by atoms with Crippen molar-refractivity contribution >= 4 is 17.5 Å². The second-order valence-corrected chi connectivity index (χ2v) is 5.25. The smallest absolute Gasteiger partial charge is 0.273 e. The molecule has 0 spiro atoms. The number of nitro groups is 1. The van der Waals surface area contributed by atoms with E-state index in [1.54, 1.807) is 4.90 Å². The minimum Gasteiger partial charge on any atom is -0.339 e. The van der Waals surface area contributed by atoms with Crippen LogP contribution in [0.15, 0.2) is 18.2 Å². The van der Waals surface area contributed by atoms with Crippen molar-refractivity contribution in [2.75, 3.05) is 39.8 Å². The third-order valence-electron chi connectivity index (χ3n) is 3.53. The number of rotatable bonds is 4. The number of nitrogens with zero attached hydrogens (tertiary/aromatic N) is 3. The summed E-state index contributed by atoms with van der Waals surface area (Å²) >= 11 is 0. The lowest BCUT2D eigenvalue weighted by atomic mass is 10.1. The number of amides is 2.